The van der Waals surface area contributed by atoms with E-state index in [1.165, 1.54) is 12.5 Å². The van der Waals surface area contributed by atoms with E-state index >= 15 is 0 Å². The van der Waals surface area contributed by atoms with E-state index in [-0.39, 0.29) is 5.91 Å². The number of amides is 1. The number of hydrogen-bond donors (Lipinski definition) is 1. The molecular weight excluding hydrogens is 182 g/mol. The largest absolute Gasteiger partial charge is 0.472 e. The van der Waals surface area contributed by atoms with Crippen molar-refractivity contribution >= 4 is 11.6 Å². The number of anilines is 1. The Balaban J connectivity index is 2.09. The van der Waals surface area contributed by atoms with Gasteiger partial charge in [-0.15, -0.1) is 0 Å². The molecule has 0 aliphatic heterocycles. The molecule has 1 N–H and O–H groups in total. The molecule has 0 aromatic carbocycles. The monoisotopic (exact) mass is 191 g/mol. The summed E-state index contributed by atoms with van der Waals surface area (Å²) >= 11 is 0. The van der Waals surface area contributed by atoms with E-state index in [0.29, 0.717) is 11.3 Å². The maximum atomic E-state index is 11.5. The fourth-order valence-electron chi connectivity index (χ4n) is 1.08. The summed E-state index contributed by atoms with van der Waals surface area (Å²) in [6, 6.07) is 1.60. The third-order valence-electron chi connectivity index (χ3n) is 1.75. The molecule has 0 saturated carbocycles. The lowest BCUT2D eigenvalue weighted by Gasteiger charge is -1.97. The smallest absolute Gasteiger partial charge is 0.259 e. The highest BCUT2D eigenvalue weighted by Gasteiger charge is 2.07. The summed E-state index contributed by atoms with van der Waals surface area (Å²) in [6.45, 7) is 0. The minimum atomic E-state index is -0.202. The van der Waals surface area contributed by atoms with Crippen LogP contribution in [0.3, 0.4) is 0 Å². The molecule has 2 heterocycles. The van der Waals surface area contributed by atoms with Crippen LogP contribution in [-0.4, -0.2) is 15.7 Å². The van der Waals surface area contributed by atoms with Gasteiger partial charge in [-0.1, -0.05) is 0 Å². The first kappa shape index (κ1) is 8.55. The molecule has 5 nitrogen and oxygen atoms in total. The van der Waals surface area contributed by atoms with E-state index < -0.39 is 0 Å². The Morgan fingerprint density at radius 3 is 3.07 bits per heavy atom. The van der Waals surface area contributed by atoms with Gasteiger partial charge in [-0.3, -0.25) is 9.48 Å². The molecule has 0 spiro atoms. The summed E-state index contributed by atoms with van der Waals surface area (Å²) in [5, 5.41) is 6.61. The fourth-order valence-corrected chi connectivity index (χ4v) is 1.08. The molecule has 14 heavy (non-hydrogen) atoms. The Morgan fingerprint density at radius 1 is 1.64 bits per heavy atom. The summed E-state index contributed by atoms with van der Waals surface area (Å²) in [7, 11) is 1.79. The van der Waals surface area contributed by atoms with Crippen LogP contribution >= 0.6 is 0 Å². The SMILES string of the molecule is Cn1cc(NC(=O)c2ccoc2)cn1. The van der Waals surface area contributed by atoms with Crippen LogP contribution in [0.25, 0.3) is 0 Å². The van der Waals surface area contributed by atoms with Gasteiger partial charge in [0.25, 0.3) is 5.91 Å². The van der Waals surface area contributed by atoms with Crippen LogP contribution in [0.5, 0.6) is 0 Å². The minimum Gasteiger partial charge on any atom is -0.472 e. The molecule has 0 radical (unpaired) electrons. The third-order valence-corrected chi connectivity index (χ3v) is 1.75. The zero-order chi connectivity index (χ0) is 9.97. The zero-order valence-electron chi connectivity index (χ0n) is 7.60. The van der Waals surface area contributed by atoms with Crippen LogP contribution < -0.4 is 5.32 Å². The molecule has 0 saturated heterocycles. The molecular formula is C9H9N3O2. The molecule has 0 bridgehead atoms. The van der Waals surface area contributed by atoms with Crippen molar-refractivity contribution < 1.29 is 9.21 Å². The maximum absolute atomic E-state index is 11.5. The average Bonchev–Trinajstić information content (AvgIpc) is 2.75. The minimum absolute atomic E-state index is 0.202. The number of carbonyl (C=O) groups is 1. The van der Waals surface area contributed by atoms with E-state index in [0.717, 1.165) is 0 Å². The summed E-state index contributed by atoms with van der Waals surface area (Å²) < 4.78 is 6.41. The second-order valence-electron chi connectivity index (χ2n) is 2.87. The second-order valence-corrected chi connectivity index (χ2v) is 2.87. The van der Waals surface area contributed by atoms with Gasteiger partial charge in [-0.05, 0) is 6.07 Å². The molecule has 0 atom stereocenters. The van der Waals surface area contributed by atoms with Crippen molar-refractivity contribution in [3.05, 3.63) is 36.5 Å². The van der Waals surface area contributed by atoms with Crippen LogP contribution in [0.15, 0.2) is 35.4 Å². The number of carbonyl (C=O) groups excluding carboxylic acids is 1. The first-order valence-corrected chi connectivity index (χ1v) is 4.08. The van der Waals surface area contributed by atoms with Crippen molar-refractivity contribution in [2.75, 3.05) is 5.32 Å². The maximum Gasteiger partial charge on any atom is 0.259 e. The quantitative estimate of drug-likeness (QED) is 0.777. The standard InChI is InChI=1S/C9H9N3O2/c1-12-5-8(4-10-12)11-9(13)7-2-3-14-6-7/h2-6H,1H3,(H,11,13). The van der Waals surface area contributed by atoms with Gasteiger partial charge < -0.3 is 9.73 Å². The number of nitrogens with one attached hydrogen (secondary N) is 1. The van der Waals surface area contributed by atoms with Crippen LogP contribution in [0.1, 0.15) is 10.4 Å². The average molecular weight is 191 g/mol. The fraction of sp³-hybridized carbons (Fsp3) is 0.111. The number of rotatable bonds is 2. The van der Waals surface area contributed by atoms with Crippen molar-refractivity contribution in [3.63, 3.8) is 0 Å². The van der Waals surface area contributed by atoms with Gasteiger partial charge in [0.15, 0.2) is 0 Å². The van der Waals surface area contributed by atoms with Crippen molar-refractivity contribution in [1.82, 2.24) is 9.78 Å². The summed E-state index contributed by atoms with van der Waals surface area (Å²) in [5.41, 5.74) is 1.16. The van der Waals surface area contributed by atoms with Gasteiger partial charge in [0, 0.05) is 13.2 Å². The number of aryl methyl sites for hydroxylation is 1. The normalized spacial score (nSPS) is 10.1. The van der Waals surface area contributed by atoms with Gasteiger partial charge in [0.2, 0.25) is 0 Å². The van der Waals surface area contributed by atoms with Gasteiger partial charge in [-0.2, -0.15) is 5.10 Å². The second kappa shape index (κ2) is 3.37. The molecule has 0 aliphatic carbocycles. The van der Waals surface area contributed by atoms with Gasteiger partial charge >= 0.3 is 0 Å². The highest BCUT2D eigenvalue weighted by Crippen LogP contribution is 2.07. The van der Waals surface area contributed by atoms with E-state index in [9.17, 15) is 4.79 Å². The Morgan fingerprint density at radius 2 is 2.50 bits per heavy atom. The Labute approximate surface area is 80.3 Å². The molecule has 2 aromatic heterocycles. The first-order valence-electron chi connectivity index (χ1n) is 4.08. The van der Waals surface area contributed by atoms with Crippen molar-refractivity contribution in [2.24, 2.45) is 7.05 Å². The molecule has 2 aromatic rings. The molecule has 0 aliphatic rings. The highest BCUT2D eigenvalue weighted by molar-refractivity contribution is 6.03. The number of nitrogens with zero attached hydrogens (tertiary/aromatic N) is 2. The molecule has 72 valence electrons. The Bertz CT molecular complexity index is 431. The van der Waals surface area contributed by atoms with Crippen molar-refractivity contribution in [1.29, 1.82) is 0 Å². The Hall–Kier alpha value is -2.04. The van der Waals surface area contributed by atoms with Crippen LogP contribution in [0.2, 0.25) is 0 Å². The summed E-state index contributed by atoms with van der Waals surface area (Å²) in [5.74, 6) is -0.202. The van der Waals surface area contributed by atoms with Gasteiger partial charge in [0.1, 0.15) is 6.26 Å². The molecule has 2 rings (SSSR count). The van der Waals surface area contributed by atoms with Crippen LogP contribution in [0, 0.1) is 0 Å². The zero-order valence-corrected chi connectivity index (χ0v) is 7.60. The number of aromatic nitrogens is 2. The predicted molar refractivity (Wildman–Crippen MR) is 49.9 cm³/mol. The topological polar surface area (TPSA) is 60.1 Å². The summed E-state index contributed by atoms with van der Waals surface area (Å²) in [6.07, 6.45) is 6.15. The van der Waals surface area contributed by atoms with Crippen molar-refractivity contribution in [3.8, 4) is 0 Å². The third kappa shape index (κ3) is 1.66. The first-order chi connectivity index (χ1) is 6.75. The van der Waals surface area contributed by atoms with Crippen LogP contribution in [-0.2, 0) is 7.05 Å². The predicted octanol–water partition coefficient (Wildman–Crippen LogP) is 1.27. The molecule has 0 unspecified atom stereocenters. The number of furan rings is 1. The van der Waals surface area contributed by atoms with E-state index in [1.54, 1.807) is 30.2 Å². The van der Waals surface area contributed by atoms with E-state index in [1.807, 2.05) is 0 Å². The van der Waals surface area contributed by atoms with Crippen molar-refractivity contribution in [2.45, 2.75) is 0 Å². The van der Waals surface area contributed by atoms with E-state index in [2.05, 4.69) is 10.4 Å². The lowest BCUT2D eigenvalue weighted by molar-refractivity contribution is 0.102. The highest BCUT2D eigenvalue weighted by atomic mass is 16.3. The van der Waals surface area contributed by atoms with E-state index in [4.69, 9.17) is 4.42 Å². The number of hydrogen-bond acceptors (Lipinski definition) is 3. The van der Waals surface area contributed by atoms with Gasteiger partial charge in [0.05, 0.1) is 23.7 Å². The van der Waals surface area contributed by atoms with Gasteiger partial charge in [-0.25, -0.2) is 0 Å². The Kier molecular flexibility index (Phi) is 2.06. The molecule has 0 fully saturated rings. The molecule has 1 amide bonds. The molecule has 5 heteroatoms. The lowest BCUT2D eigenvalue weighted by atomic mass is 10.3. The lowest BCUT2D eigenvalue weighted by Crippen LogP contribution is -2.10. The summed E-state index contributed by atoms with van der Waals surface area (Å²) in [4.78, 5) is 11.5. The van der Waals surface area contributed by atoms with Crippen LogP contribution in [0.4, 0.5) is 5.69 Å².